The lowest BCUT2D eigenvalue weighted by Crippen LogP contribution is -2.53. The van der Waals surface area contributed by atoms with Gasteiger partial charge in [0, 0.05) is 58.4 Å². The zero-order valence-electron chi connectivity index (χ0n) is 18.7. The van der Waals surface area contributed by atoms with Crippen LogP contribution in [0.5, 0.6) is 0 Å². The lowest BCUT2D eigenvalue weighted by molar-refractivity contribution is -0.0502. The van der Waals surface area contributed by atoms with Crippen molar-refractivity contribution >= 4 is 5.96 Å². The molecule has 1 aromatic rings. The van der Waals surface area contributed by atoms with Crippen LogP contribution in [0.15, 0.2) is 35.3 Å². The number of nitrogens with zero attached hydrogens (tertiary/aromatic N) is 4. The predicted octanol–water partition coefficient (Wildman–Crippen LogP) is 1.26. The molecule has 4 atom stereocenters. The van der Waals surface area contributed by atoms with Gasteiger partial charge in [-0.2, -0.15) is 0 Å². The minimum atomic E-state index is 0.248. The molecule has 0 radical (unpaired) electrons. The molecular formula is C23H37N5O2. The minimum Gasteiger partial charge on any atom is -0.379 e. The average molecular weight is 416 g/mol. The molecule has 4 unspecified atom stereocenters. The van der Waals surface area contributed by atoms with Gasteiger partial charge in [-0.25, -0.2) is 0 Å². The minimum absolute atomic E-state index is 0.248. The van der Waals surface area contributed by atoms with Gasteiger partial charge < -0.3 is 19.7 Å². The van der Waals surface area contributed by atoms with Gasteiger partial charge in [-0.05, 0) is 19.4 Å². The van der Waals surface area contributed by atoms with Gasteiger partial charge in [0.1, 0.15) is 0 Å². The Labute approximate surface area is 181 Å². The smallest absolute Gasteiger partial charge is 0.193 e. The van der Waals surface area contributed by atoms with Gasteiger partial charge in [0.2, 0.25) is 0 Å². The number of guanidine groups is 1. The highest BCUT2D eigenvalue weighted by Crippen LogP contribution is 2.24. The van der Waals surface area contributed by atoms with Crippen LogP contribution in [0.25, 0.3) is 0 Å². The SMILES string of the molecule is CN=C(NCC(C)N1CCOCC1C)N1CC2OCCN(Cc3ccccc3)C2C1. The number of likely N-dealkylation sites (tertiary alicyclic amines) is 1. The number of benzene rings is 1. The number of morpholine rings is 2. The first-order valence-corrected chi connectivity index (χ1v) is 11.3. The van der Waals surface area contributed by atoms with Crippen LogP contribution in [-0.2, 0) is 16.0 Å². The fraction of sp³-hybridized carbons (Fsp3) is 0.696. The molecule has 7 heteroatoms. The second-order valence-corrected chi connectivity index (χ2v) is 8.78. The number of ether oxygens (including phenoxy) is 2. The maximum atomic E-state index is 6.14. The highest BCUT2D eigenvalue weighted by Gasteiger charge is 2.41. The van der Waals surface area contributed by atoms with Gasteiger partial charge in [0.05, 0.1) is 32.0 Å². The van der Waals surface area contributed by atoms with E-state index in [4.69, 9.17) is 9.47 Å². The quantitative estimate of drug-likeness (QED) is 0.577. The van der Waals surface area contributed by atoms with Crippen molar-refractivity contribution in [2.75, 3.05) is 59.6 Å². The third kappa shape index (κ3) is 4.97. The first-order valence-electron chi connectivity index (χ1n) is 11.3. The van der Waals surface area contributed by atoms with Gasteiger partial charge in [0.15, 0.2) is 5.96 Å². The molecule has 3 fully saturated rings. The van der Waals surface area contributed by atoms with Crippen molar-refractivity contribution in [1.82, 2.24) is 20.0 Å². The number of rotatable bonds is 5. The standard InChI is InChI=1S/C23H37N5O2/c1-18(28-10-11-29-17-19(28)2)13-25-23(24-3)27-15-21-22(16-27)30-12-9-26(21)14-20-7-5-4-6-8-20/h4-8,18-19,21-22H,9-17H2,1-3H3,(H,24,25). The second kappa shape index (κ2) is 10.1. The second-order valence-electron chi connectivity index (χ2n) is 8.78. The molecule has 3 heterocycles. The number of fused-ring (bicyclic) bond motifs is 1. The van der Waals surface area contributed by atoms with Gasteiger partial charge in [0.25, 0.3) is 0 Å². The van der Waals surface area contributed by atoms with E-state index in [1.165, 1.54) is 5.56 Å². The summed E-state index contributed by atoms with van der Waals surface area (Å²) in [5.41, 5.74) is 1.37. The van der Waals surface area contributed by atoms with Gasteiger partial charge in [-0.1, -0.05) is 30.3 Å². The van der Waals surface area contributed by atoms with Crippen molar-refractivity contribution in [2.24, 2.45) is 4.99 Å². The van der Waals surface area contributed by atoms with E-state index in [-0.39, 0.29) is 6.10 Å². The molecule has 3 saturated heterocycles. The summed E-state index contributed by atoms with van der Waals surface area (Å²) in [4.78, 5) is 12.1. The summed E-state index contributed by atoms with van der Waals surface area (Å²) in [6, 6.07) is 12.1. The maximum absolute atomic E-state index is 6.14. The summed E-state index contributed by atoms with van der Waals surface area (Å²) in [6.07, 6.45) is 0.248. The number of hydrogen-bond donors (Lipinski definition) is 1. The van der Waals surface area contributed by atoms with Crippen LogP contribution >= 0.6 is 0 Å². The van der Waals surface area contributed by atoms with Crippen LogP contribution in [0, 0.1) is 0 Å². The van der Waals surface area contributed by atoms with Gasteiger partial charge >= 0.3 is 0 Å². The molecule has 0 bridgehead atoms. The Morgan fingerprint density at radius 2 is 2.03 bits per heavy atom. The summed E-state index contributed by atoms with van der Waals surface area (Å²) in [6.45, 7) is 12.7. The van der Waals surface area contributed by atoms with Crippen molar-refractivity contribution < 1.29 is 9.47 Å². The molecular weight excluding hydrogens is 378 g/mol. The van der Waals surface area contributed by atoms with Crippen molar-refractivity contribution in [2.45, 2.75) is 44.6 Å². The van der Waals surface area contributed by atoms with Crippen LogP contribution in [0.2, 0.25) is 0 Å². The van der Waals surface area contributed by atoms with E-state index in [1.54, 1.807) is 0 Å². The van der Waals surface area contributed by atoms with Crippen LogP contribution < -0.4 is 5.32 Å². The Kier molecular flexibility index (Phi) is 7.25. The van der Waals surface area contributed by atoms with Crippen molar-refractivity contribution in [3.8, 4) is 0 Å². The van der Waals surface area contributed by atoms with E-state index in [9.17, 15) is 0 Å². The zero-order valence-corrected chi connectivity index (χ0v) is 18.7. The fourth-order valence-corrected chi connectivity index (χ4v) is 5.03. The molecule has 4 rings (SSSR count). The predicted molar refractivity (Wildman–Crippen MR) is 120 cm³/mol. The summed E-state index contributed by atoms with van der Waals surface area (Å²) < 4.78 is 11.7. The molecule has 0 aromatic heterocycles. The van der Waals surface area contributed by atoms with E-state index in [0.29, 0.717) is 18.1 Å². The Bertz CT molecular complexity index is 700. The van der Waals surface area contributed by atoms with E-state index < -0.39 is 0 Å². The Morgan fingerprint density at radius 3 is 2.80 bits per heavy atom. The Balaban J connectivity index is 1.33. The summed E-state index contributed by atoms with van der Waals surface area (Å²) >= 11 is 0. The molecule has 1 N–H and O–H groups in total. The molecule has 1 aromatic carbocycles. The van der Waals surface area contributed by atoms with Gasteiger partial charge in [-0.3, -0.25) is 14.8 Å². The topological polar surface area (TPSA) is 52.6 Å². The largest absolute Gasteiger partial charge is 0.379 e. The summed E-state index contributed by atoms with van der Waals surface area (Å²) in [5.74, 6) is 0.987. The Morgan fingerprint density at radius 1 is 1.20 bits per heavy atom. The first-order chi connectivity index (χ1) is 14.7. The molecule has 7 nitrogen and oxygen atoms in total. The summed E-state index contributed by atoms with van der Waals surface area (Å²) in [5, 5.41) is 3.62. The average Bonchev–Trinajstić information content (AvgIpc) is 3.20. The molecule has 30 heavy (non-hydrogen) atoms. The molecule has 0 spiro atoms. The molecule has 166 valence electrons. The third-order valence-corrected chi connectivity index (χ3v) is 6.70. The van der Waals surface area contributed by atoms with Crippen LogP contribution in [0.1, 0.15) is 19.4 Å². The van der Waals surface area contributed by atoms with Crippen molar-refractivity contribution in [1.29, 1.82) is 0 Å². The first kappa shape index (κ1) is 21.6. The lowest BCUT2D eigenvalue weighted by Gasteiger charge is -2.38. The van der Waals surface area contributed by atoms with Gasteiger partial charge in [-0.15, -0.1) is 0 Å². The van der Waals surface area contributed by atoms with E-state index >= 15 is 0 Å². The molecule has 3 aliphatic heterocycles. The molecule has 3 aliphatic rings. The van der Waals surface area contributed by atoms with Crippen molar-refractivity contribution in [3.63, 3.8) is 0 Å². The van der Waals surface area contributed by atoms with Crippen LogP contribution in [0.4, 0.5) is 0 Å². The number of nitrogens with one attached hydrogen (secondary N) is 1. The van der Waals surface area contributed by atoms with E-state index in [0.717, 1.165) is 65.0 Å². The van der Waals surface area contributed by atoms with Crippen LogP contribution in [-0.4, -0.2) is 104 Å². The molecule has 0 amide bonds. The highest BCUT2D eigenvalue weighted by molar-refractivity contribution is 5.80. The van der Waals surface area contributed by atoms with Crippen LogP contribution in [0.3, 0.4) is 0 Å². The maximum Gasteiger partial charge on any atom is 0.193 e. The number of hydrogen-bond acceptors (Lipinski definition) is 5. The zero-order chi connectivity index (χ0) is 20.9. The van der Waals surface area contributed by atoms with E-state index in [1.807, 2.05) is 7.05 Å². The monoisotopic (exact) mass is 415 g/mol. The van der Waals surface area contributed by atoms with E-state index in [2.05, 4.69) is 69.2 Å². The summed E-state index contributed by atoms with van der Waals surface area (Å²) in [7, 11) is 1.88. The highest BCUT2D eigenvalue weighted by atomic mass is 16.5. The Hall–Kier alpha value is -1.67. The lowest BCUT2D eigenvalue weighted by atomic mass is 10.1. The third-order valence-electron chi connectivity index (χ3n) is 6.70. The normalized spacial score (nSPS) is 29.6. The molecule has 0 aliphatic carbocycles. The fourth-order valence-electron chi connectivity index (χ4n) is 5.03. The number of aliphatic imine (C=N–C) groups is 1. The molecule has 0 saturated carbocycles. The van der Waals surface area contributed by atoms with Crippen molar-refractivity contribution in [3.05, 3.63) is 35.9 Å².